The highest BCUT2D eigenvalue weighted by Crippen LogP contribution is 2.45. The molecule has 2 aromatic heterocycles. The molecule has 4 rings (SSSR count). The van der Waals surface area contributed by atoms with Gasteiger partial charge in [-0.3, -0.25) is 9.58 Å². The predicted molar refractivity (Wildman–Crippen MR) is 95.8 cm³/mol. The van der Waals surface area contributed by atoms with Gasteiger partial charge in [-0.15, -0.1) is 0 Å². The zero-order valence-electron chi connectivity index (χ0n) is 16.7. The number of halogens is 3. The van der Waals surface area contributed by atoms with Crippen LogP contribution in [-0.2, 0) is 19.2 Å². The molecular formula is C19H22F3N5O3. The van der Waals surface area contributed by atoms with E-state index in [0.717, 1.165) is 12.8 Å². The molecule has 1 unspecified atom stereocenters. The molecule has 162 valence electrons. The molecule has 3 atom stereocenters. The first kappa shape index (κ1) is 20.8. The highest BCUT2D eigenvalue weighted by atomic mass is 19.4. The summed E-state index contributed by atoms with van der Waals surface area (Å²) in [4.78, 5) is 1.60. The fraction of sp³-hybridized carbons (Fsp3) is 0.632. The standard InChI is InChI=1S/C19H22F3N5O3/c1-9-7-27(8-12-13(9)16(25-30-12)18(2,29)19(20,21)22)17(28)15-11(6-23)14(10-4-5-10)24-26(15)3/h9-10,17,28-29H,4-5,7-8H2,1-3H3/t9-,17?,18+/m0/s1. The van der Waals surface area contributed by atoms with Crippen molar-refractivity contribution < 1.29 is 27.9 Å². The van der Waals surface area contributed by atoms with Crippen LogP contribution >= 0.6 is 0 Å². The molecule has 8 nitrogen and oxygen atoms in total. The monoisotopic (exact) mass is 425 g/mol. The van der Waals surface area contributed by atoms with E-state index < -0.39 is 29.6 Å². The lowest BCUT2D eigenvalue weighted by molar-refractivity contribution is -0.261. The highest BCUT2D eigenvalue weighted by molar-refractivity contribution is 5.43. The van der Waals surface area contributed by atoms with Crippen molar-refractivity contribution in [2.45, 2.75) is 63.1 Å². The molecule has 0 spiro atoms. The Hall–Kier alpha value is -2.42. The summed E-state index contributed by atoms with van der Waals surface area (Å²) in [7, 11) is 1.65. The van der Waals surface area contributed by atoms with E-state index >= 15 is 0 Å². The van der Waals surface area contributed by atoms with Crippen molar-refractivity contribution in [1.82, 2.24) is 19.8 Å². The van der Waals surface area contributed by atoms with Gasteiger partial charge in [-0.25, -0.2) is 0 Å². The smallest absolute Gasteiger partial charge is 0.375 e. The molecular weight excluding hydrogens is 403 g/mol. The average Bonchev–Trinajstić information content (AvgIpc) is 3.31. The minimum Gasteiger partial charge on any atom is -0.375 e. The number of aryl methyl sites for hydroxylation is 1. The number of nitriles is 1. The number of alkyl halides is 3. The van der Waals surface area contributed by atoms with Gasteiger partial charge in [-0.05, 0) is 25.7 Å². The number of aliphatic hydroxyl groups excluding tert-OH is 1. The number of nitrogens with zero attached hydrogens (tertiary/aromatic N) is 5. The maximum atomic E-state index is 13.3. The summed E-state index contributed by atoms with van der Waals surface area (Å²) >= 11 is 0. The van der Waals surface area contributed by atoms with Gasteiger partial charge < -0.3 is 14.7 Å². The van der Waals surface area contributed by atoms with Crippen molar-refractivity contribution in [3.05, 3.63) is 34.0 Å². The highest BCUT2D eigenvalue weighted by Gasteiger charge is 2.55. The van der Waals surface area contributed by atoms with Crippen LogP contribution in [0.1, 0.15) is 78.7 Å². The first-order valence-corrected chi connectivity index (χ1v) is 9.64. The lowest BCUT2D eigenvalue weighted by Gasteiger charge is -2.34. The van der Waals surface area contributed by atoms with Gasteiger partial charge in [0.1, 0.15) is 17.3 Å². The molecule has 11 heteroatoms. The quantitative estimate of drug-likeness (QED) is 0.774. The van der Waals surface area contributed by atoms with Gasteiger partial charge in [0.2, 0.25) is 5.60 Å². The van der Waals surface area contributed by atoms with Crippen LogP contribution in [0.2, 0.25) is 0 Å². The maximum absolute atomic E-state index is 13.3. The second kappa shape index (κ2) is 6.80. The van der Waals surface area contributed by atoms with E-state index in [4.69, 9.17) is 4.52 Å². The van der Waals surface area contributed by atoms with Gasteiger partial charge >= 0.3 is 6.18 Å². The van der Waals surface area contributed by atoms with Crippen LogP contribution in [-0.4, -0.2) is 42.8 Å². The second-order valence-corrected chi connectivity index (χ2v) is 8.30. The van der Waals surface area contributed by atoms with Crippen LogP contribution in [0.25, 0.3) is 0 Å². The Bertz CT molecular complexity index is 1020. The van der Waals surface area contributed by atoms with Gasteiger partial charge in [0.05, 0.1) is 17.9 Å². The van der Waals surface area contributed by atoms with Gasteiger partial charge in [-0.2, -0.15) is 23.5 Å². The molecule has 2 aromatic rings. The summed E-state index contributed by atoms with van der Waals surface area (Å²) < 4.78 is 46.5. The fourth-order valence-corrected chi connectivity index (χ4v) is 4.10. The third-order valence-corrected chi connectivity index (χ3v) is 5.95. The number of aliphatic hydroxyl groups is 2. The van der Waals surface area contributed by atoms with Crippen molar-refractivity contribution in [3.8, 4) is 6.07 Å². The minimum absolute atomic E-state index is 0.0173. The van der Waals surface area contributed by atoms with Gasteiger partial charge in [0.15, 0.2) is 12.0 Å². The Kier molecular flexibility index (Phi) is 4.72. The van der Waals surface area contributed by atoms with Crippen molar-refractivity contribution in [2.24, 2.45) is 7.05 Å². The molecule has 1 fully saturated rings. The first-order chi connectivity index (χ1) is 14.0. The fourth-order valence-electron chi connectivity index (χ4n) is 4.10. The van der Waals surface area contributed by atoms with Crippen LogP contribution in [0.15, 0.2) is 4.52 Å². The average molecular weight is 425 g/mol. The van der Waals surface area contributed by atoms with E-state index in [1.807, 2.05) is 0 Å². The largest absolute Gasteiger partial charge is 0.422 e. The third kappa shape index (κ3) is 3.10. The van der Waals surface area contributed by atoms with Crippen LogP contribution in [0.3, 0.4) is 0 Å². The van der Waals surface area contributed by atoms with Crippen LogP contribution in [0.5, 0.6) is 0 Å². The first-order valence-electron chi connectivity index (χ1n) is 9.64. The Labute approximate surface area is 170 Å². The molecule has 1 aliphatic carbocycles. The molecule has 1 saturated carbocycles. The number of hydrogen-bond donors (Lipinski definition) is 2. The zero-order chi connectivity index (χ0) is 22.0. The summed E-state index contributed by atoms with van der Waals surface area (Å²) in [6.07, 6.45) is -4.21. The van der Waals surface area contributed by atoms with Gasteiger partial charge in [0, 0.05) is 25.1 Å². The lowest BCUT2D eigenvalue weighted by atomic mass is 9.87. The molecule has 0 radical (unpaired) electrons. The predicted octanol–water partition coefficient (Wildman–Crippen LogP) is 2.54. The van der Waals surface area contributed by atoms with Crippen LogP contribution in [0.4, 0.5) is 13.2 Å². The molecule has 0 bridgehead atoms. The van der Waals surface area contributed by atoms with E-state index in [1.165, 1.54) is 4.68 Å². The normalized spacial score (nSPS) is 23.0. The van der Waals surface area contributed by atoms with Gasteiger partial charge in [-0.1, -0.05) is 12.1 Å². The zero-order valence-corrected chi connectivity index (χ0v) is 16.7. The molecule has 1 aliphatic heterocycles. The van der Waals surface area contributed by atoms with E-state index in [9.17, 15) is 28.6 Å². The third-order valence-electron chi connectivity index (χ3n) is 5.95. The minimum atomic E-state index is -4.91. The van der Waals surface area contributed by atoms with E-state index in [-0.39, 0.29) is 30.3 Å². The molecule has 2 aliphatic rings. The Morgan fingerprint density at radius 1 is 1.33 bits per heavy atom. The SMILES string of the molecule is C[C@H]1CN(C(O)c2c(C#N)c(C3CC3)nn2C)Cc2onc([C@@](C)(O)C(F)(F)F)c21. The van der Waals surface area contributed by atoms with Crippen molar-refractivity contribution >= 4 is 0 Å². The molecule has 3 heterocycles. The summed E-state index contributed by atoms with van der Waals surface area (Å²) in [6, 6.07) is 2.13. The molecule has 0 aromatic carbocycles. The number of rotatable bonds is 4. The van der Waals surface area contributed by atoms with E-state index in [1.54, 1.807) is 18.9 Å². The maximum Gasteiger partial charge on any atom is 0.422 e. The number of hydrogen-bond acceptors (Lipinski definition) is 7. The summed E-state index contributed by atoms with van der Waals surface area (Å²) in [6.45, 7) is 2.49. The Morgan fingerprint density at radius 3 is 2.57 bits per heavy atom. The topological polar surface area (TPSA) is 111 Å². The lowest BCUT2D eigenvalue weighted by Crippen LogP contribution is -2.42. The summed E-state index contributed by atoms with van der Waals surface area (Å²) in [5, 5.41) is 38.6. The van der Waals surface area contributed by atoms with Crippen molar-refractivity contribution in [2.75, 3.05) is 6.54 Å². The van der Waals surface area contributed by atoms with Crippen LogP contribution in [0, 0.1) is 11.3 Å². The molecule has 0 saturated heterocycles. The number of fused-ring (bicyclic) bond motifs is 1. The van der Waals surface area contributed by atoms with Crippen molar-refractivity contribution in [3.63, 3.8) is 0 Å². The summed E-state index contributed by atoms with van der Waals surface area (Å²) in [5.74, 6) is -0.129. The molecule has 0 amide bonds. The van der Waals surface area contributed by atoms with Crippen molar-refractivity contribution in [1.29, 1.82) is 5.26 Å². The van der Waals surface area contributed by atoms with Crippen LogP contribution < -0.4 is 0 Å². The molecule has 30 heavy (non-hydrogen) atoms. The Balaban J connectivity index is 1.66. The number of aromatic nitrogens is 3. The van der Waals surface area contributed by atoms with Gasteiger partial charge in [0.25, 0.3) is 0 Å². The Morgan fingerprint density at radius 2 is 2.00 bits per heavy atom. The summed E-state index contributed by atoms with van der Waals surface area (Å²) in [5.41, 5.74) is -2.15. The van der Waals surface area contributed by atoms with E-state index in [0.29, 0.717) is 23.9 Å². The molecule has 2 N–H and O–H groups in total. The second-order valence-electron chi connectivity index (χ2n) is 8.30. The van der Waals surface area contributed by atoms with E-state index in [2.05, 4.69) is 16.3 Å².